The van der Waals surface area contributed by atoms with Gasteiger partial charge < -0.3 is 4.74 Å². The highest BCUT2D eigenvalue weighted by molar-refractivity contribution is 6.15. The van der Waals surface area contributed by atoms with E-state index in [0.29, 0.717) is 0 Å². The lowest BCUT2D eigenvalue weighted by Crippen LogP contribution is -2.32. The molecular formula is C40H26N2O. The van der Waals surface area contributed by atoms with E-state index in [1.54, 1.807) is 0 Å². The molecule has 0 spiro atoms. The van der Waals surface area contributed by atoms with Crippen LogP contribution in [0.4, 0.5) is 0 Å². The Hall–Kier alpha value is -5.41. The number of ether oxygens (including phenoxy) is 1. The van der Waals surface area contributed by atoms with Crippen molar-refractivity contribution in [2.45, 2.75) is 18.4 Å². The van der Waals surface area contributed by atoms with E-state index in [4.69, 9.17) is 9.72 Å². The minimum absolute atomic E-state index is 0.184. The summed E-state index contributed by atoms with van der Waals surface area (Å²) in [7, 11) is 0. The molecule has 3 heterocycles. The number of hydrogen-bond acceptors (Lipinski definition) is 2. The Morgan fingerprint density at radius 1 is 0.721 bits per heavy atom. The molecule has 2 aromatic heterocycles. The predicted molar refractivity (Wildman–Crippen MR) is 176 cm³/mol. The zero-order valence-electron chi connectivity index (χ0n) is 23.6. The molecule has 0 bridgehead atoms. The molecule has 0 amide bonds. The number of rotatable bonds is 2. The van der Waals surface area contributed by atoms with Gasteiger partial charge in [-0.05, 0) is 71.0 Å². The van der Waals surface area contributed by atoms with E-state index in [-0.39, 0.29) is 11.5 Å². The predicted octanol–water partition coefficient (Wildman–Crippen LogP) is 9.87. The third kappa shape index (κ3) is 3.06. The molecule has 2 unspecified atom stereocenters. The van der Waals surface area contributed by atoms with E-state index >= 15 is 0 Å². The Morgan fingerprint density at radius 3 is 2.47 bits per heavy atom. The molecule has 202 valence electrons. The second kappa shape index (κ2) is 8.11. The Bertz CT molecular complexity index is 2410. The van der Waals surface area contributed by atoms with Crippen LogP contribution in [0.2, 0.25) is 0 Å². The summed E-state index contributed by atoms with van der Waals surface area (Å²) in [6.07, 6.45) is 6.84. The van der Waals surface area contributed by atoms with Gasteiger partial charge >= 0.3 is 0 Å². The highest BCUT2D eigenvalue weighted by Crippen LogP contribution is 2.50. The number of nitrogens with zero attached hydrogens (tertiary/aromatic N) is 2. The fourth-order valence-electron chi connectivity index (χ4n) is 7.67. The average molecular weight is 551 g/mol. The number of pyridine rings is 1. The van der Waals surface area contributed by atoms with Crippen LogP contribution < -0.4 is 4.74 Å². The Kier molecular flexibility index (Phi) is 4.37. The number of aromatic nitrogens is 2. The number of para-hydroxylation sites is 2. The number of allylic oxidation sites excluding steroid dienone is 2. The van der Waals surface area contributed by atoms with Crippen molar-refractivity contribution in [3.8, 4) is 34.0 Å². The molecule has 0 saturated heterocycles. The molecule has 3 nitrogen and oxygen atoms in total. The van der Waals surface area contributed by atoms with Crippen LogP contribution in [0.3, 0.4) is 0 Å². The van der Waals surface area contributed by atoms with Crippen LogP contribution in [0.15, 0.2) is 133 Å². The summed E-state index contributed by atoms with van der Waals surface area (Å²) in [5.41, 5.74) is 10.5. The van der Waals surface area contributed by atoms with Gasteiger partial charge in [-0.3, -0.25) is 4.57 Å². The number of benzene rings is 5. The fraction of sp³-hybridized carbons (Fsp3) is 0.0750. The summed E-state index contributed by atoms with van der Waals surface area (Å²) in [5, 5.41) is 4.92. The van der Waals surface area contributed by atoms with Gasteiger partial charge in [0.1, 0.15) is 17.2 Å². The molecule has 5 aromatic carbocycles. The van der Waals surface area contributed by atoms with Gasteiger partial charge in [0.25, 0.3) is 0 Å². The Balaban J connectivity index is 1.17. The van der Waals surface area contributed by atoms with Gasteiger partial charge in [0.05, 0.1) is 16.7 Å². The summed E-state index contributed by atoms with van der Waals surface area (Å²) in [6, 6.07) is 41.5. The van der Waals surface area contributed by atoms with Gasteiger partial charge in [-0.2, -0.15) is 0 Å². The minimum atomic E-state index is -0.352. The van der Waals surface area contributed by atoms with Gasteiger partial charge in [0.2, 0.25) is 0 Å². The first-order valence-electron chi connectivity index (χ1n) is 14.9. The quantitative estimate of drug-likeness (QED) is 0.214. The lowest BCUT2D eigenvalue weighted by atomic mass is 9.79. The Labute approximate surface area is 249 Å². The van der Waals surface area contributed by atoms with Crippen LogP contribution in [0, 0.1) is 0 Å². The maximum atomic E-state index is 6.40. The zero-order valence-corrected chi connectivity index (χ0v) is 23.6. The first-order chi connectivity index (χ1) is 21.2. The first-order valence-corrected chi connectivity index (χ1v) is 14.9. The average Bonchev–Trinajstić information content (AvgIpc) is 3.66. The SMILES string of the molecule is CC12C=CC(c3ccc4c(c3)c3ccccc3n4-c3cc4cccc5c4c(n3)-c3ccccc3-5)=CC1c1ccccc1O2. The van der Waals surface area contributed by atoms with Crippen molar-refractivity contribution in [3.63, 3.8) is 0 Å². The normalized spacial score (nSPS) is 19.4. The van der Waals surface area contributed by atoms with Gasteiger partial charge in [0.15, 0.2) is 0 Å². The molecule has 0 N–H and O–H groups in total. The van der Waals surface area contributed by atoms with Crippen LogP contribution in [-0.4, -0.2) is 15.2 Å². The minimum Gasteiger partial charge on any atom is -0.482 e. The van der Waals surface area contributed by atoms with E-state index in [1.807, 2.05) is 6.07 Å². The van der Waals surface area contributed by atoms with Crippen molar-refractivity contribution in [1.82, 2.24) is 9.55 Å². The highest BCUT2D eigenvalue weighted by Gasteiger charge is 2.43. The van der Waals surface area contributed by atoms with Gasteiger partial charge in [-0.1, -0.05) is 97.1 Å². The maximum absolute atomic E-state index is 6.40. The molecule has 0 saturated carbocycles. The molecule has 0 radical (unpaired) electrons. The van der Waals surface area contributed by atoms with E-state index < -0.39 is 0 Å². The third-order valence-corrected chi connectivity index (χ3v) is 9.69. The molecular weight excluding hydrogens is 524 g/mol. The number of hydrogen-bond donors (Lipinski definition) is 0. The van der Waals surface area contributed by atoms with E-state index in [2.05, 4.69) is 139 Å². The summed E-state index contributed by atoms with van der Waals surface area (Å²) >= 11 is 0. The van der Waals surface area contributed by atoms with Crippen molar-refractivity contribution in [1.29, 1.82) is 0 Å². The van der Waals surface area contributed by atoms with Crippen LogP contribution in [0.5, 0.6) is 5.75 Å². The highest BCUT2D eigenvalue weighted by atomic mass is 16.5. The standard InChI is InChI=1S/C40H26N2O/c1-40-20-19-25(22-33(40)31-13-5-7-16-36(31)43-40)24-17-18-35-32(21-24)28-11-4-6-15-34(28)42(35)37-23-26-9-8-14-29-27-10-2-3-12-30(27)39(41-37)38(26)29/h2-23,33H,1H3. The van der Waals surface area contributed by atoms with E-state index in [0.717, 1.165) is 28.3 Å². The fourth-order valence-corrected chi connectivity index (χ4v) is 7.67. The van der Waals surface area contributed by atoms with Crippen LogP contribution in [0.25, 0.3) is 66.4 Å². The number of fused-ring (bicyclic) bond motifs is 9. The molecule has 1 aliphatic heterocycles. The first kappa shape index (κ1) is 23.2. The molecule has 3 heteroatoms. The summed E-state index contributed by atoms with van der Waals surface area (Å²) in [5.74, 6) is 2.11. The summed E-state index contributed by atoms with van der Waals surface area (Å²) < 4.78 is 8.73. The van der Waals surface area contributed by atoms with Crippen molar-refractivity contribution >= 4 is 38.2 Å². The Morgan fingerprint density at radius 2 is 1.51 bits per heavy atom. The lowest BCUT2D eigenvalue weighted by molar-refractivity contribution is 0.155. The van der Waals surface area contributed by atoms with E-state index in [9.17, 15) is 0 Å². The second-order valence-corrected chi connectivity index (χ2v) is 12.1. The molecule has 2 atom stereocenters. The van der Waals surface area contributed by atoms with Crippen molar-refractivity contribution in [2.75, 3.05) is 0 Å². The van der Waals surface area contributed by atoms with Gasteiger partial charge in [0, 0.05) is 33.2 Å². The van der Waals surface area contributed by atoms with Crippen LogP contribution in [-0.2, 0) is 0 Å². The van der Waals surface area contributed by atoms with Gasteiger partial charge in [-0.15, -0.1) is 0 Å². The van der Waals surface area contributed by atoms with Gasteiger partial charge in [-0.25, -0.2) is 4.98 Å². The molecule has 2 aliphatic carbocycles. The summed E-state index contributed by atoms with van der Waals surface area (Å²) in [6.45, 7) is 2.18. The third-order valence-electron chi connectivity index (χ3n) is 9.69. The molecule has 43 heavy (non-hydrogen) atoms. The van der Waals surface area contributed by atoms with Crippen molar-refractivity contribution < 1.29 is 4.74 Å². The van der Waals surface area contributed by atoms with Crippen LogP contribution in [0.1, 0.15) is 24.0 Å². The summed E-state index contributed by atoms with van der Waals surface area (Å²) in [4.78, 5) is 5.36. The molecule has 10 rings (SSSR count). The van der Waals surface area contributed by atoms with Crippen molar-refractivity contribution in [3.05, 3.63) is 145 Å². The van der Waals surface area contributed by atoms with Crippen molar-refractivity contribution in [2.24, 2.45) is 0 Å². The maximum Gasteiger partial charge on any atom is 0.138 e. The largest absolute Gasteiger partial charge is 0.482 e. The lowest BCUT2D eigenvalue weighted by Gasteiger charge is -2.29. The monoisotopic (exact) mass is 550 g/mol. The second-order valence-electron chi connectivity index (χ2n) is 12.1. The molecule has 0 fully saturated rings. The topological polar surface area (TPSA) is 27.1 Å². The molecule has 3 aliphatic rings. The molecule has 7 aromatic rings. The van der Waals surface area contributed by atoms with E-state index in [1.165, 1.54) is 54.9 Å². The zero-order chi connectivity index (χ0) is 28.3. The van der Waals surface area contributed by atoms with Crippen LogP contribution >= 0.6 is 0 Å². The smallest absolute Gasteiger partial charge is 0.138 e.